The molecule has 2 aliphatic rings. The summed E-state index contributed by atoms with van der Waals surface area (Å²) in [4.78, 5) is 30.4. The zero-order valence-corrected chi connectivity index (χ0v) is 26.4. The number of halogens is 1. The third-order valence-electron chi connectivity index (χ3n) is 10.6. The van der Waals surface area contributed by atoms with Gasteiger partial charge in [0.25, 0.3) is 5.56 Å². The van der Waals surface area contributed by atoms with Crippen molar-refractivity contribution in [2.45, 2.75) is 50.9 Å². The summed E-state index contributed by atoms with van der Waals surface area (Å²) in [7, 11) is 0. The van der Waals surface area contributed by atoms with Gasteiger partial charge in [-0.25, -0.2) is 9.18 Å². The van der Waals surface area contributed by atoms with Gasteiger partial charge in [-0.2, -0.15) is 0 Å². The van der Waals surface area contributed by atoms with Gasteiger partial charge < -0.3 is 10.8 Å². The van der Waals surface area contributed by atoms with E-state index in [9.17, 15) is 14.7 Å². The standard InChI is InChI=1S/C41H32FN3O3/c1-21-36(33(42)20-45-39(21)31(22-10-11-22)19-32(40(45)46)41(47)48)38-29-9-5-3-7-24(29)18-35(44-38)26-13-14-28-25(16-26)12-15-30-27-8-4-2-6-23(27)17-34(43)37(28)30/h2-9,12,15,17-20,22,26H,10-11,13-14,16,43H2,1H3,(H,47,48). The predicted molar refractivity (Wildman–Crippen MR) is 189 cm³/mol. The topological polar surface area (TPSA) is 97.7 Å². The first kappa shape index (κ1) is 28.6. The van der Waals surface area contributed by atoms with Crippen molar-refractivity contribution >= 4 is 49.5 Å². The number of aryl methyl sites for hydroxylation is 2. The first-order valence-electron chi connectivity index (χ1n) is 16.5. The average molecular weight is 634 g/mol. The fourth-order valence-corrected chi connectivity index (χ4v) is 8.19. The van der Waals surface area contributed by atoms with Crippen LogP contribution in [0.2, 0.25) is 0 Å². The van der Waals surface area contributed by atoms with E-state index in [0.29, 0.717) is 22.3 Å². The van der Waals surface area contributed by atoms with E-state index in [0.717, 1.165) is 76.8 Å². The number of hydrogen-bond donors (Lipinski definition) is 2. The fraction of sp³-hybridized carbons (Fsp3) is 0.195. The molecule has 0 bridgehead atoms. The van der Waals surface area contributed by atoms with Crippen molar-refractivity contribution in [2.24, 2.45) is 0 Å². The summed E-state index contributed by atoms with van der Waals surface area (Å²) in [5.41, 5.74) is 12.7. The molecule has 0 spiro atoms. The third-order valence-corrected chi connectivity index (χ3v) is 10.6. The predicted octanol–water partition coefficient (Wildman–Crippen LogP) is 8.70. The molecule has 1 atom stereocenters. The van der Waals surface area contributed by atoms with Crippen LogP contribution in [0.3, 0.4) is 0 Å². The number of carbonyl (C=O) groups is 1. The highest BCUT2D eigenvalue weighted by molar-refractivity contribution is 6.14. The Balaban J connectivity index is 1.21. The minimum absolute atomic E-state index is 0.117. The molecule has 1 unspecified atom stereocenters. The van der Waals surface area contributed by atoms with Crippen LogP contribution in [0.4, 0.5) is 10.1 Å². The summed E-state index contributed by atoms with van der Waals surface area (Å²) in [6.45, 7) is 1.82. The summed E-state index contributed by atoms with van der Waals surface area (Å²) in [6, 6.07) is 26.4. The Labute approximate surface area is 275 Å². The molecular formula is C41H32FN3O3. The molecule has 236 valence electrons. The molecule has 3 heterocycles. The number of aromatic carboxylic acids is 1. The minimum Gasteiger partial charge on any atom is -0.477 e. The summed E-state index contributed by atoms with van der Waals surface area (Å²) < 4.78 is 17.6. The number of aromatic nitrogens is 2. The fourth-order valence-electron chi connectivity index (χ4n) is 8.19. The molecule has 7 aromatic rings. The van der Waals surface area contributed by atoms with Gasteiger partial charge >= 0.3 is 5.97 Å². The lowest BCUT2D eigenvalue weighted by Crippen LogP contribution is -2.24. The van der Waals surface area contributed by atoms with Gasteiger partial charge in [0, 0.05) is 39.8 Å². The van der Waals surface area contributed by atoms with Crippen molar-refractivity contribution in [1.29, 1.82) is 0 Å². The molecule has 48 heavy (non-hydrogen) atoms. The van der Waals surface area contributed by atoms with Crippen molar-refractivity contribution in [1.82, 2.24) is 9.38 Å². The zero-order valence-electron chi connectivity index (χ0n) is 26.4. The van der Waals surface area contributed by atoms with Crippen molar-refractivity contribution < 1.29 is 14.3 Å². The SMILES string of the molecule is Cc1c(-c2nc(C3CCc4c(ccc5c4c(N)cc4ccccc45)C3)cc3ccccc23)c(F)cn2c(=O)c(C(=O)O)cc(C3CC3)c12. The van der Waals surface area contributed by atoms with Crippen LogP contribution in [0.15, 0.2) is 89.9 Å². The minimum atomic E-state index is -1.31. The monoisotopic (exact) mass is 633 g/mol. The van der Waals surface area contributed by atoms with Crippen LogP contribution in [0.25, 0.3) is 49.1 Å². The van der Waals surface area contributed by atoms with Crippen LogP contribution in [0.5, 0.6) is 0 Å². The highest BCUT2D eigenvalue weighted by Gasteiger charge is 2.31. The van der Waals surface area contributed by atoms with Gasteiger partial charge in [0.2, 0.25) is 0 Å². The van der Waals surface area contributed by atoms with Crippen LogP contribution >= 0.6 is 0 Å². The molecule has 9 rings (SSSR count). The molecular weight excluding hydrogens is 601 g/mol. The molecule has 3 N–H and O–H groups in total. The van der Waals surface area contributed by atoms with E-state index in [1.165, 1.54) is 32.4 Å². The largest absolute Gasteiger partial charge is 0.477 e. The number of nitrogens with zero attached hydrogens (tertiary/aromatic N) is 2. The van der Waals surface area contributed by atoms with Gasteiger partial charge in [0.15, 0.2) is 0 Å². The van der Waals surface area contributed by atoms with Crippen molar-refractivity contribution in [2.75, 3.05) is 5.73 Å². The number of rotatable bonds is 4. The van der Waals surface area contributed by atoms with Crippen molar-refractivity contribution in [3.05, 3.63) is 135 Å². The van der Waals surface area contributed by atoms with Crippen LogP contribution in [0, 0.1) is 12.7 Å². The normalized spacial score (nSPS) is 16.2. The molecule has 7 heteroatoms. The molecule has 1 fully saturated rings. The van der Waals surface area contributed by atoms with Crippen LogP contribution in [0.1, 0.15) is 69.4 Å². The third kappa shape index (κ3) is 4.27. The highest BCUT2D eigenvalue weighted by Crippen LogP contribution is 2.45. The van der Waals surface area contributed by atoms with Gasteiger partial charge in [-0.05, 0) is 107 Å². The Hall–Kier alpha value is -5.56. The Morgan fingerprint density at radius 1 is 0.917 bits per heavy atom. The molecule has 0 aliphatic heterocycles. The first-order chi connectivity index (χ1) is 23.3. The number of nitrogen functional groups attached to an aromatic ring is 1. The molecule has 3 aromatic heterocycles. The quantitative estimate of drug-likeness (QED) is 0.149. The lowest BCUT2D eigenvalue weighted by molar-refractivity contribution is 0.0694. The van der Waals surface area contributed by atoms with Crippen LogP contribution in [-0.4, -0.2) is 20.5 Å². The maximum atomic E-state index is 16.4. The number of benzene rings is 4. The second kappa shape index (κ2) is 10.5. The summed E-state index contributed by atoms with van der Waals surface area (Å²) in [5, 5.41) is 16.2. The molecule has 0 amide bonds. The Bertz CT molecular complexity index is 2600. The Kier molecular flexibility index (Phi) is 6.25. The molecule has 0 radical (unpaired) electrons. The van der Waals surface area contributed by atoms with E-state index in [1.807, 2.05) is 37.3 Å². The van der Waals surface area contributed by atoms with E-state index >= 15 is 4.39 Å². The van der Waals surface area contributed by atoms with Gasteiger partial charge in [-0.3, -0.25) is 14.2 Å². The van der Waals surface area contributed by atoms with Gasteiger partial charge in [0.05, 0.1) is 11.2 Å². The zero-order chi connectivity index (χ0) is 32.8. The lowest BCUT2D eigenvalue weighted by Gasteiger charge is -2.27. The number of anilines is 1. The van der Waals surface area contributed by atoms with Gasteiger partial charge in [0.1, 0.15) is 11.4 Å². The molecule has 1 saturated carbocycles. The van der Waals surface area contributed by atoms with E-state index in [-0.39, 0.29) is 17.4 Å². The second-order valence-corrected chi connectivity index (χ2v) is 13.5. The van der Waals surface area contributed by atoms with Crippen molar-refractivity contribution in [3.8, 4) is 11.3 Å². The van der Waals surface area contributed by atoms with Crippen molar-refractivity contribution in [3.63, 3.8) is 0 Å². The van der Waals surface area contributed by atoms with E-state index in [1.54, 1.807) is 0 Å². The maximum absolute atomic E-state index is 16.4. The number of nitrogens with two attached hydrogens (primary N) is 1. The van der Waals surface area contributed by atoms with E-state index in [4.69, 9.17) is 10.7 Å². The number of hydrogen-bond acceptors (Lipinski definition) is 4. The molecule has 0 saturated heterocycles. The van der Waals surface area contributed by atoms with Crippen LogP contribution < -0.4 is 11.3 Å². The number of pyridine rings is 3. The molecule has 2 aliphatic carbocycles. The maximum Gasteiger partial charge on any atom is 0.341 e. The average Bonchev–Trinajstić information content (AvgIpc) is 3.94. The highest BCUT2D eigenvalue weighted by atomic mass is 19.1. The smallest absolute Gasteiger partial charge is 0.341 e. The number of carboxylic acids is 1. The number of carboxylic acid groups (broad SMARTS) is 1. The van der Waals surface area contributed by atoms with Crippen LogP contribution in [-0.2, 0) is 12.8 Å². The Morgan fingerprint density at radius 3 is 2.40 bits per heavy atom. The summed E-state index contributed by atoms with van der Waals surface area (Å²) in [6.07, 6.45) is 5.47. The van der Waals surface area contributed by atoms with E-state index in [2.05, 4.69) is 42.5 Å². The molecule has 4 aromatic carbocycles. The summed E-state index contributed by atoms with van der Waals surface area (Å²) in [5.74, 6) is -1.66. The first-order valence-corrected chi connectivity index (χ1v) is 16.5. The molecule has 6 nitrogen and oxygen atoms in total. The Morgan fingerprint density at radius 2 is 1.65 bits per heavy atom. The van der Waals surface area contributed by atoms with Gasteiger partial charge in [-0.15, -0.1) is 0 Å². The van der Waals surface area contributed by atoms with E-state index < -0.39 is 17.3 Å². The summed E-state index contributed by atoms with van der Waals surface area (Å²) >= 11 is 0. The second-order valence-electron chi connectivity index (χ2n) is 13.5. The van der Waals surface area contributed by atoms with Gasteiger partial charge in [-0.1, -0.05) is 60.7 Å². The number of fused-ring (bicyclic) bond motifs is 7. The lowest BCUT2D eigenvalue weighted by atomic mass is 9.79.